The van der Waals surface area contributed by atoms with Gasteiger partial charge in [0.15, 0.2) is 0 Å². The average molecular weight is 284 g/mol. The van der Waals surface area contributed by atoms with Crippen LogP contribution >= 0.6 is 0 Å². The molecule has 0 saturated carbocycles. The Morgan fingerprint density at radius 1 is 1.33 bits per heavy atom. The fourth-order valence-corrected chi connectivity index (χ4v) is 2.21. The lowest BCUT2D eigenvalue weighted by molar-refractivity contribution is -0.122. The number of carbonyl (C=O) groups is 1. The highest BCUT2D eigenvalue weighted by Crippen LogP contribution is 2.15. The van der Waals surface area contributed by atoms with Gasteiger partial charge in [0.05, 0.1) is 11.6 Å². The molecule has 1 N–H and O–H groups in total. The van der Waals surface area contributed by atoms with E-state index < -0.39 is 0 Å². The molecule has 0 fully saturated rings. The lowest BCUT2D eigenvalue weighted by Gasteiger charge is -2.11. The molecule has 3 aromatic rings. The molecule has 0 radical (unpaired) electrons. The Kier molecular flexibility index (Phi) is 3.43. The molecule has 0 aliphatic rings. The third kappa shape index (κ3) is 2.79. The molecule has 2 aromatic heterocycles. The SMILES string of the molecule is Cc1ccc(C(C)NC(=O)Cn2nnc3ccccc32)o1. The number of nitrogens with one attached hydrogen (secondary N) is 1. The molecule has 0 aliphatic heterocycles. The van der Waals surface area contributed by atoms with Crippen molar-refractivity contribution in [3.8, 4) is 0 Å². The molecule has 2 heterocycles. The number of para-hydroxylation sites is 1. The number of furan rings is 1. The quantitative estimate of drug-likeness (QED) is 0.797. The molecule has 6 heteroatoms. The van der Waals surface area contributed by atoms with Gasteiger partial charge in [-0.15, -0.1) is 5.10 Å². The van der Waals surface area contributed by atoms with Crippen LogP contribution in [0.2, 0.25) is 0 Å². The second-order valence-corrected chi connectivity index (χ2v) is 4.97. The topological polar surface area (TPSA) is 73.0 Å². The van der Waals surface area contributed by atoms with Crippen LogP contribution < -0.4 is 5.32 Å². The summed E-state index contributed by atoms with van der Waals surface area (Å²) in [5.74, 6) is 1.44. The summed E-state index contributed by atoms with van der Waals surface area (Å²) < 4.78 is 7.09. The van der Waals surface area contributed by atoms with Gasteiger partial charge in [-0.1, -0.05) is 17.3 Å². The lowest BCUT2D eigenvalue weighted by atomic mass is 10.2. The standard InChI is InChI=1S/C15H16N4O2/c1-10-7-8-14(21-10)11(2)16-15(20)9-19-13-6-4-3-5-12(13)17-18-19/h3-8,11H,9H2,1-2H3,(H,16,20). The predicted octanol–water partition coefficient (Wildman–Crippen LogP) is 2.21. The zero-order valence-electron chi connectivity index (χ0n) is 11.9. The van der Waals surface area contributed by atoms with Crippen molar-refractivity contribution in [1.82, 2.24) is 20.3 Å². The summed E-state index contributed by atoms with van der Waals surface area (Å²) in [6.45, 7) is 3.89. The molecule has 1 amide bonds. The van der Waals surface area contributed by atoms with E-state index in [0.717, 1.165) is 22.6 Å². The summed E-state index contributed by atoms with van der Waals surface area (Å²) in [6.07, 6.45) is 0. The van der Waals surface area contributed by atoms with Crippen LogP contribution in [0, 0.1) is 6.92 Å². The smallest absolute Gasteiger partial charge is 0.242 e. The van der Waals surface area contributed by atoms with Crippen LogP contribution in [0.3, 0.4) is 0 Å². The number of hydrogen-bond donors (Lipinski definition) is 1. The highest BCUT2D eigenvalue weighted by Gasteiger charge is 2.14. The molecule has 0 aliphatic carbocycles. The molecule has 21 heavy (non-hydrogen) atoms. The average Bonchev–Trinajstić information content (AvgIpc) is 3.06. The van der Waals surface area contributed by atoms with Crippen LogP contribution in [0.15, 0.2) is 40.8 Å². The van der Waals surface area contributed by atoms with Gasteiger partial charge in [-0.25, -0.2) is 4.68 Å². The van der Waals surface area contributed by atoms with Crippen LogP contribution in [0.25, 0.3) is 11.0 Å². The molecule has 3 rings (SSSR count). The Morgan fingerprint density at radius 2 is 2.14 bits per heavy atom. The third-order valence-electron chi connectivity index (χ3n) is 3.28. The first-order valence-corrected chi connectivity index (χ1v) is 6.77. The van der Waals surface area contributed by atoms with Crippen LogP contribution in [0.4, 0.5) is 0 Å². The Labute approximate surface area is 121 Å². The molecular weight excluding hydrogens is 268 g/mol. The number of carbonyl (C=O) groups excluding carboxylic acids is 1. The number of hydrogen-bond acceptors (Lipinski definition) is 4. The van der Waals surface area contributed by atoms with E-state index in [0.29, 0.717) is 0 Å². The highest BCUT2D eigenvalue weighted by molar-refractivity contribution is 5.79. The fourth-order valence-electron chi connectivity index (χ4n) is 2.21. The minimum absolute atomic E-state index is 0.130. The number of amides is 1. The van der Waals surface area contributed by atoms with Gasteiger partial charge >= 0.3 is 0 Å². The van der Waals surface area contributed by atoms with Gasteiger partial charge in [-0.3, -0.25) is 4.79 Å². The minimum Gasteiger partial charge on any atom is -0.464 e. The molecule has 0 saturated heterocycles. The van der Waals surface area contributed by atoms with Crippen molar-refractivity contribution >= 4 is 16.9 Å². The van der Waals surface area contributed by atoms with Crippen LogP contribution in [0.5, 0.6) is 0 Å². The van der Waals surface area contributed by atoms with Crippen LogP contribution in [-0.4, -0.2) is 20.9 Å². The lowest BCUT2D eigenvalue weighted by Crippen LogP contribution is -2.30. The van der Waals surface area contributed by atoms with E-state index in [9.17, 15) is 4.79 Å². The number of aryl methyl sites for hydroxylation is 1. The zero-order chi connectivity index (χ0) is 14.8. The van der Waals surface area contributed by atoms with Gasteiger partial charge < -0.3 is 9.73 Å². The fraction of sp³-hybridized carbons (Fsp3) is 0.267. The maximum atomic E-state index is 12.1. The third-order valence-corrected chi connectivity index (χ3v) is 3.28. The Hall–Kier alpha value is -2.63. The van der Waals surface area contributed by atoms with Crippen molar-refractivity contribution < 1.29 is 9.21 Å². The van der Waals surface area contributed by atoms with E-state index in [1.54, 1.807) is 4.68 Å². The maximum Gasteiger partial charge on any atom is 0.242 e. The van der Waals surface area contributed by atoms with Gasteiger partial charge in [-0.05, 0) is 38.1 Å². The van der Waals surface area contributed by atoms with Crippen molar-refractivity contribution in [2.45, 2.75) is 26.4 Å². The summed E-state index contributed by atoms with van der Waals surface area (Å²) in [4.78, 5) is 12.1. The molecule has 1 atom stereocenters. The molecule has 6 nitrogen and oxygen atoms in total. The Balaban J connectivity index is 1.69. The van der Waals surface area contributed by atoms with E-state index in [4.69, 9.17) is 4.42 Å². The van der Waals surface area contributed by atoms with Crippen LogP contribution in [0.1, 0.15) is 24.5 Å². The first kappa shape index (κ1) is 13.4. The van der Waals surface area contributed by atoms with Gasteiger partial charge in [0, 0.05) is 0 Å². The summed E-state index contributed by atoms with van der Waals surface area (Å²) in [5.41, 5.74) is 1.62. The van der Waals surface area contributed by atoms with E-state index >= 15 is 0 Å². The molecule has 1 aromatic carbocycles. The number of aromatic nitrogens is 3. The number of nitrogens with zero attached hydrogens (tertiary/aromatic N) is 3. The highest BCUT2D eigenvalue weighted by atomic mass is 16.3. The molecular formula is C15H16N4O2. The predicted molar refractivity (Wildman–Crippen MR) is 77.5 cm³/mol. The summed E-state index contributed by atoms with van der Waals surface area (Å²) in [5, 5.41) is 10.9. The van der Waals surface area contributed by atoms with Crippen molar-refractivity contribution in [1.29, 1.82) is 0 Å². The van der Waals surface area contributed by atoms with Crippen molar-refractivity contribution in [2.75, 3.05) is 0 Å². The second kappa shape index (κ2) is 5.40. The van der Waals surface area contributed by atoms with E-state index in [2.05, 4.69) is 15.6 Å². The van der Waals surface area contributed by atoms with Crippen molar-refractivity contribution in [3.05, 3.63) is 47.9 Å². The van der Waals surface area contributed by atoms with E-state index in [1.165, 1.54) is 0 Å². The number of fused-ring (bicyclic) bond motifs is 1. The van der Waals surface area contributed by atoms with Crippen LogP contribution in [-0.2, 0) is 11.3 Å². The first-order valence-electron chi connectivity index (χ1n) is 6.77. The van der Waals surface area contributed by atoms with E-state index in [1.807, 2.05) is 50.2 Å². The summed E-state index contributed by atoms with van der Waals surface area (Å²) in [7, 11) is 0. The molecule has 108 valence electrons. The zero-order valence-corrected chi connectivity index (χ0v) is 11.9. The molecule has 1 unspecified atom stereocenters. The Morgan fingerprint density at radius 3 is 2.90 bits per heavy atom. The van der Waals surface area contributed by atoms with Crippen molar-refractivity contribution in [2.24, 2.45) is 0 Å². The van der Waals surface area contributed by atoms with Gasteiger partial charge in [0.1, 0.15) is 23.6 Å². The monoisotopic (exact) mass is 284 g/mol. The normalized spacial score (nSPS) is 12.5. The summed E-state index contributed by atoms with van der Waals surface area (Å²) >= 11 is 0. The largest absolute Gasteiger partial charge is 0.464 e. The first-order chi connectivity index (χ1) is 10.1. The molecule has 0 bridgehead atoms. The number of benzene rings is 1. The Bertz CT molecular complexity index is 775. The van der Waals surface area contributed by atoms with Crippen molar-refractivity contribution in [3.63, 3.8) is 0 Å². The maximum absolute atomic E-state index is 12.1. The molecule has 0 spiro atoms. The van der Waals surface area contributed by atoms with Gasteiger partial charge in [0.25, 0.3) is 0 Å². The van der Waals surface area contributed by atoms with E-state index in [-0.39, 0.29) is 18.5 Å². The van der Waals surface area contributed by atoms with Gasteiger partial charge in [-0.2, -0.15) is 0 Å². The number of rotatable bonds is 4. The minimum atomic E-state index is -0.180. The second-order valence-electron chi connectivity index (χ2n) is 4.97. The van der Waals surface area contributed by atoms with Gasteiger partial charge in [0.2, 0.25) is 5.91 Å². The summed E-state index contributed by atoms with van der Waals surface area (Å²) in [6, 6.07) is 11.1.